The van der Waals surface area contributed by atoms with Gasteiger partial charge in [-0.2, -0.15) is 11.8 Å². The molecule has 5 heteroatoms. The summed E-state index contributed by atoms with van der Waals surface area (Å²) in [4.78, 5) is 15.8. The maximum absolute atomic E-state index is 11.6. The third kappa shape index (κ3) is 14.1. The Labute approximate surface area is 211 Å². The number of rotatable bonds is 16. The van der Waals surface area contributed by atoms with Gasteiger partial charge in [-0.05, 0) is 91.7 Å². The molecule has 0 amide bonds. The molecule has 0 saturated heterocycles. The van der Waals surface area contributed by atoms with Crippen molar-refractivity contribution in [1.82, 2.24) is 4.98 Å². The summed E-state index contributed by atoms with van der Waals surface area (Å²) in [5.74, 6) is 1.10. The van der Waals surface area contributed by atoms with Gasteiger partial charge in [0, 0.05) is 17.7 Å². The van der Waals surface area contributed by atoms with Gasteiger partial charge in [0.1, 0.15) is 11.9 Å². The molecule has 0 spiro atoms. The summed E-state index contributed by atoms with van der Waals surface area (Å²) in [5.41, 5.74) is 6.63. The topological polar surface area (TPSA) is 62.2 Å². The number of hydrogen-bond donors (Lipinski definition) is 2. The molecule has 2 N–H and O–H groups in total. The van der Waals surface area contributed by atoms with Crippen molar-refractivity contribution in [2.45, 2.75) is 86.1 Å². The normalized spacial score (nSPS) is 13.5. The Morgan fingerprint density at radius 2 is 1.53 bits per heavy atom. The number of aryl methyl sites for hydroxylation is 1. The Hall–Kier alpha value is -2.27. The average molecular weight is 485 g/mol. The molecule has 1 atom stereocenters. The van der Waals surface area contributed by atoms with E-state index in [0.717, 1.165) is 49.8 Å². The number of anilines is 1. The van der Waals surface area contributed by atoms with Crippen LogP contribution in [-0.4, -0.2) is 33.6 Å². The highest BCUT2D eigenvalue weighted by atomic mass is 32.2. The second kappa shape index (κ2) is 17.2. The van der Waals surface area contributed by atoms with Gasteiger partial charge in [-0.25, -0.2) is 9.78 Å². The van der Waals surface area contributed by atoms with Crippen molar-refractivity contribution in [3.8, 4) is 0 Å². The fraction of sp³-hybridized carbons (Fsp3) is 0.517. The van der Waals surface area contributed by atoms with Crippen molar-refractivity contribution in [2.24, 2.45) is 0 Å². The summed E-state index contributed by atoms with van der Waals surface area (Å²) in [5, 5.41) is 12.6. The van der Waals surface area contributed by atoms with Gasteiger partial charge in [0.2, 0.25) is 0 Å². The number of carboxylic acids is 1. The minimum Gasteiger partial charge on any atom is -0.480 e. The second-order valence-corrected chi connectivity index (χ2v) is 10.4. The van der Waals surface area contributed by atoms with E-state index >= 15 is 0 Å². The third-order valence-corrected chi connectivity index (χ3v) is 6.58. The zero-order valence-electron chi connectivity index (χ0n) is 22.0. The molecule has 4 nitrogen and oxygen atoms in total. The molecule has 0 radical (unpaired) electrons. The second-order valence-electron chi connectivity index (χ2n) is 9.29. The van der Waals surface area contributed by atoms with E-state index in [9.17, 15) is 9.90 Å². The van der Waals surface area contributed by atoms with Crippen LogP contribution in [0.15, 0.2) is 64.9 Å². The molecule has 0 bridgehead atoms. The van der Waals surface area contributed by atoms with Crippen LogP contribution in [0, 0.1) is 6.92 Å². The standard InChI is InChI=1S/C29H44N2O2S/c1-22(2)11-7-12-23(3)13-8-14-24(4)15-9-16-25(5)18-20-34-21-27(29(32)33)31-28-26(6)17-10-19-30-28/h10-11,13,15,17-19,27H,7-9,12,14,16,20-21H2,1-6H3,(H,30,31)(H,32,33). The first-order valence-corrected chi connectivity index (χ1v) is 13.4. The zero-order valence-corrected chi connectivity index (χ0v) is 22.8. The Morgan fingerprint density at radius 3 is 2.06 bits per heavy atom. The largest absolute Gasteiger partial charge is 0.480 e. The average Bonchev–Trinajstić information content (AvgIpc) is 2.76. The molecule has 0 aliphatic rings. The first kappa shape index (κ1) is 29.8. The van der Waals surface area contributed by atoms with E-state index < -0.39 is 12.0 Å². The lowest BCUT2D eigenvalue weighted by atomic mass is 10.0. The van der Waals surface area contributed by atoms with Gasteiger partial charge in [-0.1, -0.05) is 52.7 Å². The smallest absolute Gasteiger partial charge is 0.327 e. The summed E-state index contributed by atoms with van der Waals surface area (Å²) in [7, 11) is 0. The quantitative estimate of drug-likeness (QED) is 0.183. The lowest BCUT2D eigenvalue weighted by Gasteiger charge is -2.15. The zero-order chi connectivity index (χ0) is 25.3. The number of pyridine rings is 1. The van der Waals surface area contributed by atoms with Crippen molar-refractivity contribution in [2.75, 3.05) is 16.8 Å². The van der Waals surface area contributed by atoms with Crippen LogP contribution in [0.3, 0.4) is 0 Å². The highest BCUT2D eigenvalue weighted by Gasteiger charge is 2.18. The number of carbonyl (C=O) groups is 1. The predicted octanol–water partition coefficient (Wildman–Crippen LogP) is 8.13. The van der Waals surface area contributed by atoms with Crippen molar-refractivity contribution in [3.05, 3.63) is 70.5 Å². The number of nitrogens with zero attached hydrogens (tertiary/aromatic N) is 1. The van der Waals surface area contributed by atoms with E-state index in [-0.39, 0.29) is 0 Å². The van der Waals surface area contributed by atoms with Gasteiger partial charge in [0.05, 0.1) is 0 Å². The third-order valence-electron chi connectivity index (χ3n) is 5.61. The highest BCUT2D eigenvalue weighted by Crippen LogP contribution is 2.16. The molecule has 0 fully saturated rings. The summed E-state index contributed by atoms with van der Waals surface area (Å²) in [6.07, 6.45) is 17.6. The first-order valence-electron chi connectivity index (χ1n) is 12.3. The van der Waals surface area contributed by atoms with Crippen LogP contribution in [0.2, 0.25) is 0 Å². The van der Waals surface area contributed by atoms with E-state index in [0.29, 0.717) is 11.6 Å². The number of hydrogen-bond acceptors (Lipinski definition) is 4. The highest BCUT2D eigenvalue weighted by molar-refractivity contribution is 7.99. The molecule has 1 unspecified atom stereocenters. The Bertz CT molecular complexity index is 880. The van der Waals surface area contributed by atoms with Crippen LogP contribution in [0.25, 0.3) is 0 Å². The monoisotopic (exact) mass is 484 g/mol. The fourth-order valence-corrected chi connectivity index (χ4v) is 4.35. The summed E-state index contributed by atoms with van der Waals surface area (Å²) >= 11 is 1.63. The van der Waals surface area contributed by atoms with E-state index in [1.807, 2.05) is 19.1 Å². The Kier molecular flexibility index (Phi) is 15.1. The summed E-state index contributed by atoms with van der Waals surface area (Å²) in [6.45, 7) is 12.9. The molecule has 0 saturated carbocycles. The number of aromatic nitrogens is 1. The molecule has 188 valence electrons. The molecule has 34 heavy (non-hydrogen) atoms. The predicted molar refractivity (Wildman–Crippen MR) is 150 cm³/mol. The van der Waals surface area contributed by atoms with Gasteiger partial charge >= 0.3 is 5.97 Å². The maximum Gasteiger partial charge on any atom is 0.327 e. The fourth-order valence-electron chi connectivity index (χ4n) is 3.35. The molecule has 1 heterocycles. The van der Waals surface area contributed by atoms with Crippen molar-refractivity contribution >= 4 is 23.5 Å². The molecule has 1 aromatic heterocycles. The number of nitrogens with one attached hydrogen (secondary N) is 1. The lowest BCUT2D eigenvalue weighted by molar-refractivity contribution is -0.137. The van der Waals surface area contributed by atoms with Crippen LogP contribution in [-0.2, 0) is 4.79 Å². The summed E-state index contributed by atoms with van der Waals surface area (Å²) < 4.78 is 0. The summed E-state index contributed by atoms with van der Waals surface area (Å²) in [6, 6.07) is 3.12. The van der Waals surface area contributed by atoms with Crippen LogP contribution >= 0.6 is 11.8 Å². The molecule has 0 aliphatic heterocycles. The number of thioether (sulfide) groups is 1. The van der Waals surface area contributed by atoms with Crippen LogP contribution in [0.5, 0.6) is 0 Å². The van der Waals surface area contributed by atoms with Crippen molar-refractivity contribution in [3.63, 3.8) is 0 Å². The van der Waals surface area contributed by atoms with Crippen LogP contribution in [0.4, 0.5) is 5.82 Å². The van der Waals surface area contributed by atoms with E-state index in [1.165, 1.54) is 22.3 Å². The Morgan fingerprint density at radius 1 is 0.971 bits per heavy atom. The number of carboxylic acid groups (broad SMARTS) is 1. The molecule has 1 rings (SSSR count). The number of allylic oxidation sites excluding steroid dienone is 7. The lowest BCUT2D eigenvalue weighted by Crippen LogP contribution is -2.32. The molecular formula is C29H44N2O2S. The maximum atomic E-state index is 11.6. The van der Waals surface area contributed by atoms with Gasteiger partial charge in [-0.3, -0.25) is 0 Å². The SMILES string of the molecule is CC(C)=CCCC(C)=CCCC(C)=CCCC(C)=CCSCC(Nc1ncccc1C)C(=O)O. The molecule has 0 aliphatic carbocycles. The minimum atomic E-state index is -0.850. The minimum absolute atomic E-state index is 0.495. The molecule has 0 aromatic carbocycles. The van der Waals surface area contributed by atoms with Crippen LogP contribution < -0.4 is 5.32 Å². The van der Waals surface area contributed by atoms with Gasteiger partial charge in [0.25, 0.3) is 0 Å². The van der Waals surface area contributed by atoms with Gasteiger partial charge < -0.3 is 10.4 Å². The molecule has 1 aromatic rings. The molecular weight excluding hydrogens is 440 g/mol. The van der Waals surface area contributed by atoms with E-state index in [2.05, 4.69) is 69.2 Å². The van der Waals surface area contributed by atoms with Gasteiger partial charge in [0.15, 0.2) is 0 Å². The van der Waals surface area contributed by atoms with Crippen molar-refractivity contribution < 1.29 is 9.90 Å². The first-order chi connectivity index (χ1) is 16.2. The Balaban J connectivity index is 2.31. The number of aliphatic carboxylic acids is 1. The van der Waals surface area contributed by atoms with Crippen LogP contribution in [0.1, 0.15) is 78.7 Å². The van der Waals surface area contributed by atoms with Crippen molar-refractivity contribution in [1.29, 1.82) is 0 Å². The van der Waals surface area contributed by atoms with E-state index in [1.54, 1.807) is 18.0 Å². The van der Waals surface area contributed by atoms with E-state index in [4.69, 9.17) is 0 Å². The van der Waals surface area contributed by atoms with Gasteiger partial charge in [-0.15, -0.1) is 0 Å².